The molecule has 2 N–H and O–H groups in total. The third-order valence-electron chi connectivity index (χ3n) is 4.26. The van der Waals surface area contributed by atoms with Gasteiger partial charge in [0, 0.05) is 19.1 Å². The van der Waals surface area contributed by atoms with Crippen molar-refractivity contribution in [3.05, 3.63) is 60.2 Å². The maximum atomic E-state index is 5.93. The minimum absolute atomic E-state index is 0.179. The highest BCUT2D eigenvalue weighted by Crippen LogP contribution is 2.34. The third kappa shape index (κ3) is 2.57. The van der Waals surface area contributed by atoms with Crippen LogP contribution in [0, 0.1) is 5.92 Å². The molecule has 0 bridgehead atoms. The lowest BCUT2D eigenvalue weighted by atomic mass is 9.95. The molecule has 1 aromatic heterocycles. The van der Waals surface area contributed by atoms with Crippen molar-refractivity contribution < 1.29 is 4.74 Å². The number of hydrogen-bond acceptors (Lipinski definition) is 3. The van der Waals surface area contributed by atoms with Gasteiger partial charge in [0.05, 0.1) is 17.1 Å². The third-order valence-corrected chi connectivity index (χ3v) is 4.26. The molecule has 1 fully saturated rings. The summed E-state index contributed by atoms with van der Waals surface area (Å²) < 4.78 is 5.93. The van der Waals surface area contributed by atoms with Crippen molar-refractivity contribution in [2.75, 3.05) is 18.5 Å². The van der Waals surface area contributed by atoms with E-state index in [1.807, 2.05) is 30.3 Å². The molecular formula is C18H19N3O. The largest absolute Gasteiger partial charge is 0.373 e. The second-order valence-electron chi connectivity index (χ2n) is 5.73. The number of aromatic nitrogens is 2. The van der Waals surface area contributed by atoms with Crippen LogP contribution >= 0.6 is 0 Å². The summed E-state index contributed by atoms with van der Waals surface area (Å²) in [5.41, 5.74) is 3.32. The van der Waals surface area contributed by atoms with Gasteiger partial charge in [0.2, 0.25) is 5.95 Å². The van der Waals surface area contributed by atoms with Gasteiger partial charge in [-0.25, -0.2) is 4.98 Å². The summed E-state index contributed by atoms with van der Waals surface area (Å²) in [6, 6.07) is 18.5. The quantitative estimate of drug-likeness (QED) is 0.770. The fraction of sp³-hybridized carbons (Fsp3) is 0.278. The first kappa shape index (κ1) is 13.3. The topological polar surface area (TPSA) is 49.9 Å². The van der Waals surface area contributed by atoms with E-state index in [0.717, 1.165) is 36.6 Å². The van der Waals surface area contributed by atoms with Crippen LogP contribution in [0.15, 0.2) is 54.6 Å². The highest BCUT2D eigenvalue weighted by molar-refractivity contribution is 5.77. The molecular weight excluding hydrogens is 274 g/mol. The lowest BCUT2D eigenvalue weighted by Gasteiger charge is -2.19. The van der Waals surface area contributed by atoms with Gasteiger partial charge in [-0.05, 0) is 24.1 Å². The molecule has 22 heavy (non-hydrogen) atoms. The first-order valence-electron chi connectivity index (χ1n) is 7.75. The Hall–Kier alpha value is -2.33. The lowest BCUT2D eigenvalue weighted by molar-refractivity contribution is 0.0933. The van der Waals surface area contributed by atoms with Crippen molar-refractivity contribution in [1.29, 1.82) is 0 Å². The summed E-state index contributed by atoms with van der Waals surface area (Å²) in [4.78, 5) is 7.88. The van der Waals surface area contributed by atoms with Gasteiger partial charge in [0.1, 0.15) is 0 Å². The van der Waals surface area contributed by atoms with Crippen LogP contribution in [0.3, 0.4) is 0 Å². The highest BCUT2D eigenvalue weighted by atomic mass is 16.5. The highest BCUT2D eigenvalue weighted by Gasteiger charge is 2.29. The minimum Gasteiger partial charge on any atom is -0.373 e. The summed E-state index contributed by atoms with van der Waals surface area (Å²) >= 11 is 0. The number of para-hydroxylation sites is 2. The van der Waals surface area contributed by atoms with Crippen molar-refractivity contribution in [1.82, 2.24) is 9.97 Å². The maximum Gasteiger partial charge on any atom is 0.201 e. The molecule has 4 nitrogen and oxygen atoms in total. The Morgan fingerprint density at radius 2 is 1.91 bits per heavy atom. The van der Waals surface area contributed by atoms with Crippen molar-refractivity contribution in [2.24, 2.45) is 5.92 Å². The van der Waals surface area contributed by atoms with Crippen molar-refractivity contribution >= 4 is 17.0 Å². The molecule has 4 rings (SSSR count). The van der Waals surface area contributed by atoms with Crippen molar-refractivity contribution in [3.8, 4) is 0 Å². The smallest absolute Gasteiger partial charge is 0.201 e. The number of nitrogens with one attached hydrogen (secondary N) is 2. The standard InChI is InChI=1S/C18H19N3O/c1-2-6-13(7-3-1)17-14(10-11-22-17)12-19-18-20-15-8-4-5-9-16(15)21-18/h1-9,14,17H,10-12H2,(H2,19,20,21). The van der Waals surface area contributed by atoms with Crippen LogP contribution in [0.1, 0.15) is 18.1 Å². The number of aromatic amines is 1. The predicted octanol–water partition coefficient (Wildman–Crippen LogP) is 3.75. The van der Waals surface area contributed by atoms with Crippen molar-refractivity contribution in [3.63, 3.8) is 0 Å². The number of rotatable bonds is 4. The van der Waals surface area contributed by atoms with Gasteiger partial charge in [-0.1, -0.05) is 42.5 Å². The van der Waals surface area contributed by atoms with E-state index < -0.39 is 0 Å². The van der Waals surface area contributed by atoms with Crippen LogP contribution in [0.2, 0.25) is 0 Å². The summed E-state index contributed by atoms with van der Waals surface area (Å²) in [6.07, 6.45) is 1.25. The molecule has 4 heteroatoms. The van der Waals surface area contributed by atoms with Crippen LogP contribution in [0.5, 0.6) is 0 Å². The van der Waals surface area contributed by atoms with E-state index in [1.54, 1.807) is 0 Å². The van der Waals surface area contributed by atoms with Gasteiger partial charge in [-0.2, -0.15) is 0 Å². The number of anilines is 1. The molecule has 2 atom stereocenters. The van der Waals surface area contributed by atoms with E-state index in [2.05, 4.69) is 39.6 Å². The number of H-pyrrole nitrogens is 1. The Bertz CT molecular complexity index is 720. The average Bonchev–Trinajstić information content (AvgIpc) is 3.20. The molecule has 2 unspecified atom stereocenters. The Kier molecular flexibility index (Phi) is 3.52. The van der Waals surface area contributed by atoms with Crippen LogP contribution in [0.25, 0.3) is 11.0 Å². The van der Waals surface area contributed by atoms with Gasteiger partial charge in [0.15, 0.2) is 0 Å². The molecule has 0 radical (unpaired) electrons. The van der Waals surface area contributed by atoms with Crippen LogP contribution in [-0.2, 0) is 4.74 Å². The van der Waals surface area contributed by atoms with Crippen molar-refractivity contribution in [2.45, 2.75) is 12.5 Å². The molecule has 0 amide bonds. The van der Waals surface area contributed by atoms with Gasteiger partial charge in [0.25, 0.3) is 0 Å². The molecule has 0 aliphatic carbocycles. The van der Waals surface area contributed by atoms with E-state index in [9.17, 15) is 0 Å². The molecule has 1 aliphatic heterocycles. The summed E-state index contributed by atoms with van der Waals surface area (Å²) in [7, 11) is 0. The fourth-order valence-corrected chi connectivity index (χ4v) is 3.12. The molecule has 1 aliphatic rings. The molecule has 2 heterocycles. The zero-order chi connectivity index (χ0) is 14.8. The second-order valence-corrected chi connectivity index (χ2v) is 5.73. The monoisotopic (exact) mass is 293 g/mol. The molecule has 0 saturated carbocycles. The first-order valence-corrected chi connectivity index (χ1v) is 7.75. The van der Waals surface area contributed by atoms with E-state index >= 15 is 0 Å². The Balaban J connectivity index is 1.46. The lowest BCUT2D eigenvalue weighted by Crippen LogP contribution is -2.18. The minimum atomic E-state index is 0.179. The van der Waals surface area contributed by atoms with E-state index in [1.165, 1.54) is 5.56 Å². The SMILES string of the molecule is c1ccc(C2OCCC2CNc2nc3ccccc3[nH]2)cc1. The summed E-state index contributed by atoms with van der Waals surface area (Å²) in [5.74, 6) is 1.30. The Morgan fingerprint density at radius 1 is 1.09 bits per heavy atom. The van der Waals surface area contributed by atoms with E-state index in [0.29, 0.717) is 5.92 Å². The second kappa shape index (κ2) is 5.81. The molecule has 112 valence electrons. The van der Waals surface area contributed by atoms with Crippen LogP contribution < -0.4 is 5.32 Å². The van der Waals surface area contributed by atoms with Crippen LogP contribution in [0.4, 0.5) is 5.95 Å². The maximum absolute atomic E-state index is 5.93. The number of imidazole rings is 1. The summed E-state index contributed by atoms with van der Waals surface area (Å²) in [5, 5.41) is 3.43. The Morgan fingerprint density at radius 3 is 2.77 bits per heavy atom. The predicted molar refractivity (Wildman–Crippen MR) is 87.8 cm³/mol. The molecule has 2 aromatic carbocycles. The molecule has 1 saturated heterocycles. The summed E-state index contributed by atoms with van der Waals surface area (Å²) in [6.45, 7) is 1.69. The molecule has 3 aromatic rings. The van der Waals surface area contributed by atoms with Gasteiger partial charge in [-0.15, -0.1) is 0 Å². The van der Waals surface area contributed by atoms with Gasteiger partial charge < -0.3 is 15.0 Å². The zero-order valence-electron chi connectivity index (χ0n) is 12.3. The number of benzene rings is 2. The van der Waals surface area contributed by atoms with Gasteiger partial charge >= 0.3 is 0 Å². The van der Waals surface area contributed by atoms with E-state index in [4.69, 9.17) is 4.74 Å². The van der Waals surface area contributed by atoms with Gasteiger partial charge in [-0.3, -0.25) is 0 Å². The average molecular weight is 293 g/mol. The van der Waals surface area contributed by atoms with Crippen LogP contribution in [-0.4, -0.2) is 23.1 Å². The Labute approximate surface area is 129 Å². The number of nitrogens with zero attached hydrogens (tertiary/aromatic N) is 1. The zero-order valence-corrected chi connectivity index (χ0v) is 12.3. The molecule has 0 spiro atoms. The number of ether oxygens (including phenoxy) is 1. The number of fused-ring (bicyclic) bond motifs is 1. The number of hydrogen-bond donors (Lipinski definition) is 2. The fourth-order valence-electron chi connectivity index (χ4n) is 3.12. The normalized spacial score (nSPS) is 21.3. The van der Waals surface area contributed by atoms with E-state index in [-0.39, 0.29) is 6.10 Å². The first-order chi connectivity index (χ1) is 10.9.